The summed E-state index contributed by atoms with van der Waals surface area (Å²) in [5.74, 6) is 1.94. The summed E-state index contributed by atoms with van der Waals surface area (Å²) in [7, 11) is 0. The highest BCUT2D eigenvalue weighted by molar-refractivity contribution is 5.40. The number of ether oxygens (including phenoxy) is 6. The molecule has 3 aliphatic rings. The molecule has 0 radical (unpaired) electrons. The lowest BCUT2D eigenvalue weighted by Gasteiger charge is -2.34. The van der Waals surface area contributed by atoms with Gasteiger partial charge in [0, 0.05) is 37.5 Å². The number of benzene rings is 1. The van der Waals surface area contributed by atoms with Crippen LogP contribution in [0.1, 0.15) is 113 Å². The first-order valence-corrected chi connectivity index (χ1v) is 16.3. The lowest BCUT2D eigenvalue weighted by atomic mass is 9.74. The SMILES string of the molecule is CC(C)(CC1CO1)OCCC(C)(C)OC1=CC=C(C(C)(C)c2ccc(OC(C)(C)CCOC(C)(C)CC3CO3)cc2)CC1. The topological polar surface area (TPSA) is 62.0 Å². The minimum atomic E-state index is -0.321. The summed E-state index contributed by atoms with van der Waals surface area (Å²) in [6.45, 7) is 24.8. The number of hydrogen-bond acceptors (Lipinski definition) is 6. The van der Waals surface area contributed by atoms with E-state index in [9.17, 15) is 0 Å². The van der Waals surface area contributed by atoms with Gasteiger partial charge in [0.1, 0.15) is 17.0 Å². The van der Waals surface area contributed by atoms with Crippen LogP contribution in [0.15, 0.2) is 47.7 Å². The third-order valence-corrected chi connectivity index (χ3v) is 8.93. The van der Waals surface area contributed by atoms with E-state index in [1.54, 1.807) is 0 Å². The van der Waals surface area contributed by atoms with E-state index in [0.29, 0.717) is 25.4 Å². The summed E-state index contributed by atoms with van der Waals surface area (Å²) in [5, 5.41) is 0. The van der Waals surface area contributed by atoms with Gasteiger partial charge >= 0.3 is 0 Å². The Morgan fingerprint density at radius 3 is 1.56 bits per heavy atom. The minimum Gasteiger partial charge on any atom is -0.492 e. The third-order valence-electron chi connectivity index (χ3n) is 8.93. The van der Waals surface area contributed by atoms with Gasteiger partial charge in [-0.1, -0.05) is 37.6 Å². The van der Waals surface area contributed by atoms with Gasteiger partial charge in [0.05, 0.1) is 55.6 Å². The molecule has 6 heteroatoms. The molecular formula is C37H58O6. The Morgan fingerprint density at radius 1 is 0.628 bits per heavy atom. The lowest BCUT2D eigenvalue weighted by molar-refractivity contribution is -0.0610. The Balaban J connectivity index is 1.25. The van der Waals surface area contributed by atoms with Gasteiger partial charge in [-0.25, -0.2) is 0 Å². The quantitative estimate of drug-likeness (QED) is 0.158. The van der Waals surface area contributed by atoms with Crippen LogP contribution in [0.4, 0.5) is 0 Å². The molecule has 43 heavy (non-hydrogen) atoms. The van der Waals surface area contributed by atoms with E-state index < -0.39 is 0 Å². The van der Waals surface area contributed by atoms with Crippen LogP contribution in [0.25, 0.3) is 0 Å². The fourth-order valence-corrected chi connectivity index (χ4v) is 5.86. The molecule has 2 saturated heterocycles. The van der Waals surface area contributed by atoms with Crippen LogP contribution in [-0.2, 0) is 29.1 Å². The molecule has 6 nitrogen and oxygen atoms in total. The van der Waals surface area contributed by atoms with Crippen molar-refractivity contribution in [3.8, 4) is 5.75 Å². The second kappa shape index (κ2) is 13.2. The Bertz CT molecular complexity index is 1120. The van der Waals surface area contributed by atoms with Gasteiger partial charge in [-0.15, -0.1) is 0 Å². The molecule has 0 saturated carbocycles. The van der Waals surface area contributed by atoms with E-state index in [4.69, 9.17) is 28.4 Å². The van der Waals surface area contributed by atoms with Gasteiger partial charge in [0.25, 0.3) is 0 Å². The van der Waals surface area contributed by atoms with E-state index >= 15 is 0 Å². The molecule has 242 valence electrons. The summed E-state index contributed by atoms with van der Waals surface area (Å²) < 4.78 is 36.0. The first-order chi connectivity index (χ1) is 19.9. The van der Waals surface area contributed by atoms with Gasteiger partial charge in [0.15, 0.2) is 0 Å². The van der Waals surface area contributed by atoms with Gasteiger partial charge in [0.2, 0.25) is 0 Å². The van der Waals surface area contributed by atoms with E-state index in [2.05, 4.69) is 106 Å². The molecule has 2 unspecified atom stereocenters. The molecule has 2 heterocycles. The maximum absolute atomic E-state index is 6.46. The molecule has 0 aromatic heterocycles. The molecule has 0 bridgehead atoms. The molecular weight excluding hydrogens is 540 g/mol. The lowest BCUT2D eigenvalue weighted by Crippen LogP contribution is -2.33. The van der Waals surface area contributed by atoms with Crippen LogP contribution >= 0.6 is 0 Å². The third kappa shape index (κ3) is 11.2. The maximum Gasteiger partial charge on any atom is 0.120 e. The fraction of sp³-hybridized carbons (Fsp3) is 0.730. The van der Waals surface area contributed by atoms with Gasteiger partial charge in [-0.3, -0.25) is 0 Å². The zero-order chi connectivity index (χ0) is 31.5. The Labute approximate surface area is 261 Å². The summed E-state index contributed by atoms with van der Waals surface area (Å²) in [4.78, 5) is 0. The molecule has 0 amide bonds. The molecule has 0 N–H and O–H groups in total. The maximum atomic E-state index is 6.46. The van der Waals surface area contributed by atoms with Crippen molar-refractivity contribution in [2.24, 2.45) is 0 Å². The molecule has 2 atom stereocenters. The molecule has 0 spiro atoms. The summed E-state index contributed by atoms with van der Waals surface area (Å²) >= 11 is 0. The van der Waals surface area contributed by atoms with Gasteiger partial charge in [-0.2, -0.15) is 0 Å². The smallest absolute Gasteiger partial charge is 0.120 e. The van der Waals surface area contributed by atoms with Crippen molar-refractivity contribution in [1.29, 1.82) is 0 Å². The number of rotatable bonds is 18. The monoisotopic (exact) mass is 598 g/mol. The highest BCUT2D eigenvalue weighted by Crippen LogP contribution is 2.39. The van der Waals surface area contributed by atoms with E-state index in [1.807, 2.05) is 0 Å². The van der Waals surface area contributed by atoms with Gasteiger partial charge in [-0.05, 0) is 85.6 Å². The zero-order valence-corrected chi connectivity index (χ0v) is 28.6. The van der Waals surface area contributed by atoms with Gasteiger partial charge < -0.3 is 28.4 Å². The van der Waals surface area contributed by atoms with Crippen molar-refractivity contribution >= 4 is 0 Å². The van der Waals surface area contributed by atoms with E-state index in [0.717, 1.165) is 63.2 Å². The first kappa shape index (κ1) is 34.0. The predicted molar refractivity (Wildman–Crippen MR) is 173 cm³/mol. The minimum absolute atomic E-state index is 0.0824. The highest BCUT2D eigenvalue weighted by Gasteiger charge is 2.34. The van der Waals surface area contributed by atoms with Crippen LogP contribution in [-0.4, -0.2) is 61.0 Å². The van der Waals surface area contributed by atoms with Crippen LogP contribution in [0.3, 0.4) is 0 Å². The Kier molecular flexibility index (Phi) is 10.5. The summed E-state index contributed by atoms with van der Waals surface area (Å²) in [6, 6.07) is 8.62. The van der Waals surface area contributed by atoms with Crippen molar-refractivity contribution in [2.75, 3.05) is 26.4 Å². The van der Waals surface area contributed by atoms with E-state index in [-0.39, 0.29) is 27.8 Å². The Hall–Kier alpha value is -1.86. The highest BCUT2D eigenvalue weighted by atomic mass is 16.6. The first-order valence-electron chi connectivity index (χ1n) is 16.3. The molecule has 2 aliphatic heterocycles. The molecule has 1 aromatic carbocycles. The largest absolute Gasteiger partial charge is 0.492 e. The van der Waals surface area contributed by atoms with Crippen LogP contribution in [0.2, 0.25) is 0 Å². The predicted octanol–water partition coefficient (Wildman–Crippen LogP) is 8.47. The van der Waals surface area contributed by atoms with Crippen LogP contribution in [0, 0.1) is 0 Å². The number of allylic oxidation sites excluding steroid dienone is 4. The average molecular weight is 599 g/mol. The van der Waals surface area contributed by atoms with Crippen LogP contribution < -0.4 is 4.74 Å². The van der Waals surface area contributed by atoms with Crippen molar-refractivity contribution in [3.05, 3.63) is 53.3 Å². The molecule has 1 aliphatic carbocycles. The zero-order valence-electron chi connectivity index (χ0n) is 28.6. The average Bonchev–Trinajstić information content (AvgIpc) is 3.82. The fourth-order valence-electron chi connectivity index (χ4n) is 5.86. The molecule has 1 aromatic rings. The molecule has 4 rings (SSSR count). The summed E-state index contributed by atoms with van der Waals surface area (Å²) in [5.41, 5.74) is 1.67. The summed E-state index contributed by atoms with van der Waals surface area (Å²) in [6.07, 6.45) is 10.6. The van der Waals surface area contributed by atoms with Crippen molar-refractivity contribution in [3.63, 3.8) is 0 Å². The van der Waals surface area contributed by atoms with Crippen molar-refractivity contribution in [2.45, 2.75) is 148 Å². The number of epoxide rings is 2. The second-order valence-electron chi connectivity index (χ2n) is 15.7. The second-order valence-corrected chi connectivity index (χ2v) is 15.7. The molecule has 2 fully saturated rings. The van der Waals surface area contributed by atoms with Crippen molar-refractivity contribution in [1.82, 2.24) is 0 Å². The Morgan fingerprint density at radius 2 is 1.12 bits per heavy atom. The number of hydrogen-bond donors (Lipinski definition) is 0. The van der Waals surface area contributed by atoms with Crippen LogP contribution in [0.5, 0.6) is 5.75 Å². The van der Waals surface area contributed by atoms with E-state index in [1.165, 1.54) is 11.1 Å². The standard InChI is InChI=1S/C37H58O6/c1-33(2,19-21-40-35(5,6)23-31-25-38-31)42-29-15-11-27(12-16-29)37(9,10)28-13-17-30(18-14-28)43-34(3,4)20-22-41-36(7,8)24-32-26-39-32/h11-13,15-17,31-32H,14,18-26H2,1-10H3. The van der Waals surface area contributed by atoms with Crippen molar-refractivity contribution < 1.29 is 28.4 Å². The normalized spacial score (nSPS) is 21.3.